The van der Waals surface area contributed by atoms with E-state index in [0.717, 1.165) is 11.1 Å². The molecule has 0 aliphatic heterocycles. The molecule has 6 heteroatoms. The lowest BCUT2D eigenvalue weighted by Gasteiger charge is -2.12. The van der Waals surface area contributed by atoms with Crippen molar-refractivity contribution in [3.8, 4) is 16.9 Å². The summed E-state index contributed by atoms with van der Waals surface area (Å²) in [7, 11) is 1.73. The number of halogens is 4. The summed E-state index contributed by atoms with van der Waals surface area (Å²) in [6.07, 6.45) is -4.71. The first-order valence-corrected chi connectivity index (χ1v) is 6.18. The van der Waals surface area contributed by atoms with Crippen LogP contribution >= 0.6 is 0 Å². The molecule has 0 unspecified atom stereocenters. The summed E-state index contributed by atoms with van der Waals surface area (Å²) in [5.74, 6) is -0.649. The first kappa shape index (κ1) is 15.3. The largest absolute Gasteiger partial charge is 0.573 e. The Hall–Kier alpha value is -2.08. The van der Waals surface area contributed by atoms with Crippen LogP contribution in [0.2, 0.25) is 0 Å². The van der Waals surface area contributed by atoms with Gasteiger partial charge < -0.3 is 10.1 Å². The van der Waals surface area contributed by atoms with E-state index in [2.05, 4.69) is 10.1 Å². The molecule has 0 radical (unpaired) electrons. The Morgan fingerprint density at radius 3 is 2.29 bits per heavy atom. The van der Waals surface area contributed by atoms with E-state index in [4.69, 9.17) is 0 Å². The third-order valence-electron chi connectivity index (χ3n) is 2.83. The molecular formula is C15H13F4NO. The number of alkyl halides is 3. The summed E-state index contributed by atoms with van der Waals surface area (Å²) in [5.41, 5.74) is 2.17. The zero-order valence-electron chi connectivity index (χ0n) is 11.2. The van der Waals surface area contributed by atoms with Crippen molar-refractivity contribution < 1.29 is 22.3 Å². The van der Waals surface area contributed by atoms with Gasteiger partial charge in [-0.1, -0.05) is 18.2 Å². The van der Waals surface area contributed by atoms with Crippen LogP contribution in [0.15, 0.2) is 42.5 Å². The molecule has 112 valence electrons. The fraction of sp³-hybridized carbons (Fsp3) is 0.200. The highest BCUT2D eigenvalue weighted by atomic mass is 19.4. The highest BCUT2D eigenvalue weighted by Gasteiger charge is 2.30. The van der Waals surface area contributed by atoms with E-state index >= 15 is 0 Å². The molecule has 0 aliphatic carbocycles. The quantitative estimate of drug-likeness (QED) is 0.858. The Balaban J connectivity index is 2.30. The normalized spacial score (nSPS) is 11.5. The molecule has 1 N–H and O–H groups in total. The van der Waals surface area contributed by atoms with Gasteiger partial charge >= 0.3 is 6.36 Å². The lowest BCUT2D eigenvalue weighted by atomic mass is 9.99. The predicted molar refractivity (Wildman–Crippen MR) is 71.3 cm³/mol. The van der Waals surface area contributed by atoms with Crippen molar-refractivity contribution in [1.29, 1.82) is 0 Å². The number of hydrogen-bond donors (Lipinski definition) is 1. The van der Waals surface area contributed by atoms with Gasteiger partial charge in [0.2, 0.25) is 0 Å². The summed E-state index contributed by atoms with van der Waals surface area (Å²) < 4.78 is 53.4. The molecule has 0 aromatic heterocycles. The molecule has 0 fully saturated rings. The minimum atomic E-state index is -4.71. The maximum atomic E-state index is 13.3. The fourth-order valence-electron chi connectivity index (χ4n) is 2.02. The van der Waals surface area contributed by atoms with E-state index in [-0.39, 0.29) is 11.6 Å². The summed E-state index contributed by atoms with van der Waals surface area (Å²) in [6, 6.07) is 9.79. The molecule has 0 spiro atoms. The van der Waals surface area contributed by atoms with Crippen LogP contribution in [0.1, 0.15) is 5.56 Å². The molecule has 0 heterocycles. The van der Waals surface area contributed by atoms with Gasteiger partial charge in [-0.3, -0.25) is 0 Å². The van der Waals surface area contributed by atoms with E-state index in [0.29, 0.717) is 12.1 Å². The molecule has 21 heavy (non-hydrogen) atoms. The molecule has 2 aromatic rings. The van der Waals surface area contributed by atoms with Crippen LogP contribution in [0, 0.1) is 5.82 Å². The Bertz CT molecular complexity index is 608. The highest BCUT2D eigenvalue weighted by molar-refractivity contribution is 5.68. The van der Waals surface area contributed by atoms with Crippen molar-refractivity contribution in [2.75, 3.05) is 7.05 Å². The number of nitrogens with one attached hydrogen (secondary N) is 1. The predicted octanol–water partition coefficient (Wildman–Crippen LogP) is 4.11. The van der Waals surface area contributed by atoms with Crippen LogP contribution in [0.5, 0.6) is 5.75 Å². The minimum absolute atomic E-state index is 0.288. The third-order valence-corrected chi connectivity index (χ3v) is 2.83. The fourth-order valence-corrected chi connectivity index (χ4v) is 2.02. The molecular weight excluding hydrogens is 286 g/mol. The SMILES string of the molecule is CNCc1cc(F)ccc1-c1ccc(OC(F)(F)F)cc1. The van der Waals surface area contributed by atoms with Crippen molar-refractivity contribution in [3.63, 3.8) is 0 Å². The maximum Gasteiger partial charge on any atom is 0.573 e. The maximum absolute atomic E-state index is 13.3. The van der Waals surface area contributed by atoms with Crippen molar-refractivity contribution >= 4 is 0 Å². The van der Waals surface area contributed by atoms with Crippen molar-refractivity contribution in [2.24, 2.45) is 0 Å². The monoisotopic (exact) mass is 299 g/mol. The van der Waals surface area contributed by atoms with Crippen molar-refractivity contribution in [2.45, 2.75) is 12.9 Å². The minimum Gasteiger partial charge on any atom is -0.406 e. The van der Waals surface area contributed by atoms with Gasteiger partial charge in [0.1, 0.15) is 11.6 Å². The first-order valence-electron chi connectivity index (χ1n) is 6.18. The average molecular weight is 299 g/mol. The number of hydrogen-bond acceptors (Lipinski definition) is 2. The number of rotatable bonds is 4. The molecule has 0 aliphatic rings. The second-order valence-electron chi connectivity index (χ2n) is 4.40. The van der Waals surface area contributed by atoms with Gasteiger partial charge in [0, 0.05) is 6.54 Å². The molecule has 2 aromatic carbocycles. The van der Waals surface area contributed by atoms with Crippen LogP contribution in [-0.4, -0.2) is 13.4 Å². The van der Waals surface area contributed by atoms with Crippen LogP contribution in [0.25, 0.3) is 11.1 Å². The van der Waals surface area contributed by atoms with Crippen molar-refractivity contribution in [3.05, 3.63) is 53.8 Å². The summed E-state index contributed by atoms with van der Waals surface area (Å²) in [6.45, 7) is 0.452. The van der Waals surface area contributed by atoms with Gasteiger partial charge in [0.05, 0.1) is 0 Å². The Kier molecular flexibility index (Phi) is 4.47. The van der Waals surface area contributed by atoms with Crippen LogP contribution in [-0.2, 0) is 6.54 Å². The Morgan fingerprint density at radius 1 is 1.05 bits per heavy atom. The Labute approximate surface area is 119 Å². The van der Waals surface area contributed by atoms with Gasteiger partial charge in [-0.05, 0) is 48.0 Å². The zero-order valence-corrected chi connectivity index (χ0v) is 11.2. The van der Waals surface area contributed by atoms with E-state index in [1.807, 2.05) is 0 Å². The van der Waals surface area contributed by atoms with E-state index in [1.54, 1.807) is 13.1 Å². The second-order valence-corrected chi connectivity index (χ2v) is 4.40. The smallest absolute Gasteiger partial charge is 0.406 e. The highest BCUT2D eigenvalue weighted by Crippen LogP contribution is 2.28. The lowest BCUT2D eigenvalue weighted by Crippen LogP contribution is -2.16. The molecule has 0 amide bonds. The van der Waals surface area contributed by atoms with E-state index < -0.39 is 6.36 Å². The third kappa shape index (κ3) is 4.19. The van der Waals surface area contributed by atoms with Crippen LogP contribution in [0.4, 0.5) is 17.6 Å². The first-order chi connectivity index (χ1) is 9.89. The number of benzene rings is 2. The zero-order chi connectivity index (χ0) is 15.5. The standard InChI is InChI=1S/C15H13F4NO/c1-20-9-11-8-12(16)4-7-14(11)10-2-5-13(6-3-10)21-15(17,18)19/h2-8,20H,9H2,1H3. The number of ether oxygens (including phenoxy) is 1. The van der Waals surface area contributed by atoms with Crippen molar-refractivity contribution in [1.82, 2.24) is 5.32 Å². The van der Waals surface area contributed by atoms with Gasteiger partial charge in [-0.15, -0.1) is 13.2 Å². The van der Waals surface area contributed by atoms with Gasteiger partial charge in [-0.25, -0.2) is 4.39 Å². The topological polar surface area (TPSA) is 21.3 Å². The van der Waals surface area contributed by atoms with E-state index in [9.17, 15) is 17.6 Å². The second kappa shape index (κ2) is 6.13. The summed E-state index contributed by atoms with van der Waals surface area (Å²) >= 11 is 0. The molecule has 0 bridgehead atoms. The van der Waals surface area contributed by atoms with Gasteiger partial charge in [0.25, 0.3) is 0 Å². The van der Waals surface area contributed by atoms with Crippen LogP contribution < -0.4 is 10.1 Å². The molecule has 0 saturated heterocycles. The lowest BCUT2D eigenvalue weighted by molar-refractivity contribution is -0.274. The molecule has 2 rings (SSSR count). The molecule has 0 atom stereocenters. The van der Waals surface area contributed by atoms with Gasteiger partial charge in [0.15, 0.2) is 0 Å². The summed E-state index contributed by atoms with van der Waals surface area (Å²) in [4.78, 5) is 0. The van der Waals surface area contributed by atoms with E-state index in [1.165, 1.54) is 36.4 Å². The average Bonchev–Trinajstić information content (AvgIpc) is 2.39. The van der Waals surface area contributed by atoms with Gasteiger partial charge in [-0.2, -0.15) is 0 Å². The molecule has 0 saturated carbocycles. The summed E-state index contributed by atoms with van der Waals surface area (Å²) in [5, 5.41) is 2.92. The van der Waals surface area contributed by atoms with Crippen LogP contribution in [0.3, 0.4) is 0 Å². The Morgan fingerprint density at radius 2 is 1.71 bits per heavy atom. The molecule has 2 nitrogen and oxygen atoms in total.